The second-order valence-electron chi connectivity index (χ2n) is 8.98. The van der Waals surface area contributed by atoms with Crippen molar-refractivity contribution in [1.82, 2.24) is 21.1 Å². The fourth-order valence-electron chi connectivity index (χ4n) is 3.12. The van der Waals surface area contributed by atoms with E-state index in [1.54, 1.807) is 0 Å². The lowest BCUT2D eigenvalue weighted by Crippen LogP contribution is -2.57. The summed E-state index contributed by atoms with van der Waals surface area (Å²) in [4.78, 5) is 61.1. The van der Waals surface area contributed by atoms with Crippen LogP contribution in [0.15, 0.2) is 30.3 Å². The van der Waals surface area contributed by atoms with Crippen LogP contribution in [-0.2, 0) is 30.5 Å². The van der Waals surface area contributed by atoms with Crippen molar-refractivity contribution in [1.29, 1.82) is 0 Å². The number of benzene rings is 1. The number of carbonyl (C=O) groups excluding carboxylic acids is 5. The number of carbonyl (C=O) groups is 5. The number of hydrogen-bond donors (Lipinski definition) is 3. The Morgan fingerprint density at radius 3 is 1.88 bits per heavy atom. The van der Waals surface area contributed by atoms with Crippen LogP contribution in [0, 0.1) is 11.8 Å². The number of amides is 4. The second kappa shape index (κ2) is 14.0. The van der Waals surface area contributed by atoms with Crippen molar-refractivity contribution in [3.05, 3.63) is 35.9 Å². The summed E-state index contributed by atoms with van der Waals surface area (Å²) < 4.78 is 5.22. The lowest BCUT2D eigenvalue weighted by molar-refractivity contribution is -0.148. The SMILES string of the molecule is CC(=O)C(=O)N(C)NC(=O)[C@H](CC(C)C)NC(=O)[C@H](CC(C)C)NC(=O)OCc1ccccc1. The third-order valence-corrected chi connectivity index (χ3v) is 4.75. The van der Waals surface area contributed by atoms with Crippen LogP contribution in [0.25, 0.3) is 0 Å². The van der Waals surface area contributed by atoms with Gasteiger partial charge < -0.3 is 15.4 Å². The lowest BCUT2D eigenvalue weighted by Gasteiger charge is -2.26. The first-order chi connectivity index (χ1) is 15.9. The molecular formula is C24H36N4O6. The maximum absolute atomic E-state index is 13.0. The van der Waals surface area contributed by atoms with Gasteiger partial charge in [0.15, 0.2) is 0 Å². The number of nitrogens with one attached hydrogen (secondary N) is 3. The van der Waals surface area contributed by atoms with Gasteiger partial charge in [0.1, 0.15) is 18.7 Å². The monoisotopic (exact) mass is 476 g/mol. The zero-order valence-corrected chi connectivity index (χ0v) is 20.7. The Hall–Kier alpha value is -3.43. The minimum atomic E-state index is -0.980. The van der Waals surface area contributed by atoms with Gasteiger partial charge in [0.05, 0.1) is 0 Å². The minimum absolute atomic E-state index is 0.0391. The molecule has 1 aromatic rings. The number of ketones is 1. The Balaban J connectivity index is 2.85. The zero-order valence-electron chi connectivity index (χ0n) is 20.7. The molecule has 10 heteroatoms. The maximum Gasteiger partial charge on any atom is 0.408 e. The largest absolute Gasteiger partial charge is 0.445 e. The number of alkyl carbamates (subject to hydrolysis) is 1. The fourth-order valence-corrected chi connectivity index (χ4v) is 3.12. The van der Waals surface area contributed by atoms with Crippen LogP contribution in [-0.4, -0.2) is 53.7 Å². The van der Waals surface area contributed by atoms with Gasteiger partial charge in [0.25, 0.3) is 5.91 Å². The van der Waals surface area contributed by atoms with Gasteiger partial charge in [-0.3, -0.25) is 29.6 Å². The van der Waals surface area contributed by atoms with Gasteiger partial charge in [-0.1, -0.05) is 58.0 Å². The van der Waals surface area contributed by atoms with Crippen molar-refractivity contribution in [2.75, 3.05) is 7.05 Å². The summed E-state index contributed by atoms with van der Waals surface area (Å²) in [6, 6.07) is 7.22. The molecule has 1 aromatic carbocycles. The summed E-state index contributed by atoms with van der Waals surface area (Å²) in [5.74, 6) is -2.70. The first kappa shape index (κ1) is 28.6. The third-order valence-electron chi connectivity index (χ3n) is 4.75. The molecule has 0 aliphatic carbocycles. The summed E-state index contributed by atoms with van der Waals surface area (Å²) >= 11 is 0. The number of ether oxygens (including phenoxy) is 1. The molecule has 0 unspecified atom stereocenters. The highest BCUT2D eigenvalue weighted by Crippen LogP contribution is 2.10. The van der Waals surface area contributed by atoms with E-state index < -0.39 is 41.7 Å². The average Bonchev–Trinajstić information content (AvgIpc) is 2.76. The van der Waals surface area contributed by atoms with Gasteiger partial charge in [0, 0.05) is 14.0 Å². The Morgan fingerprint density at radius 1 is 0.853 bits per heavy atom. The molecule has 4 amide bonds. The van der Waals surface area contributed by atoms with E-state index in [1.807, 2.05) is 58.0 Å². The quantitative estimate of drug-likeness (QED) is 0.330. The number of likely N-dealkylation sites (N-methyl/N-ethyl adjacent to an activating group) is 1. The minimum Gasteiger partial charge on any atom is -0.445 e. The molecule has 0 bridgehead atoms. The van der Waals surface area contributed by atoms with E-state index in [2.05, 4.69) is 16.1 Å². The van der Waals surface area contributed by atoms with Crippen molar-refractivity contribution in [3.63, 3.8) is 0 Å². The molecule has 0 heterocycles. The molecule has 3 N–H and O–H groups in total. The molecule has 0 saturated heterocycles. The van der Waals surface area contributed by atoms with E-state index >= 15 is 0 Å². The van der Waals surface area contributed by atoms with Gasteiger partial charge >= 0.3 is 12.0 Å². The molecule has 10 nitrogen and oxygen atoms in total. The Bertz CT molecular complexity index is 856. The van der Waals surface area contributed by atoms with Crippen molar-refractivity contribution in [2.24, 2.45) is 11.8 Å². The van der Waals surface area contributed by atoms with Crippen LogP contribution >= 0.6 is 0 Å². The predicted octanol–water partition coefficient (Wildman–Crippen LogP) is 1.94. The number of hydrazine groups is 1. The van der Waals surface area contributed by atoms with E-state index in [4.69, 9.17) is 4.74 Å². The van der Waals surface area contributed by atoms with Crippen molar-refractivity contribution in [3.8, 4) is 0 Å². The van der Waals surface area contributed by atoms with E-state index in [0.29, 0.717) is 6.42 Å². The molecule has 188 valence electrons. The Kier molecular flexibility index (Phi) is 11.8. The van der Waals surface area contributed by atoms with Crippen molar-refractivity contribution < 1.29 is 28.7 Å². The summed E-state index contributed by atoms with van der Waals surface area (Å²) in [6.45, 7) is 8.70. The van der Waals surface area contributed by atoms with Crippen LogP contribution in [0.1, 0.15) is 53.0 Å². The molecule has 0 aliphatic heterocycles. The van der Waals surface area contributed by atoms with Gasteiger partial charge in [-0.2, -0.15) is 0 Å². The molecule has 2 atom stereocenters. The highest BCUT2D eigenvalue weighted by atomic mass is 16.5. The molecule has 1 rings (SSSR count). The van der Waals surface area contributed by atoms with Gasteiger partial charge in [-0.25, -0.2) is 4.79 Å². The summed E-state index contributed by atoms with van der Waals surface area (Å²) in [7, 11) is 1.25. The van der Waals surface area contributed by atoms with Crippen LogP contribution in [0.5, 0.6) is 0 Å². The summed E-state index contributed by atoms with van der Waals surface area (Å²) in [6.07, 6.45) is -0.140. The van der Waals surface area contributed by atoms with Crippen LogP contribution in [0.2, 0.25) is 0 Å². The lowest BCUT2D eigenvalue weighted by atomic mass is 10.0. The van der Waals surface area contributed by atoms with E-state index in [-0.39, 0.29) is 24.9 Å². The average molecular weight is 477 g/mol. The standard InChI is InChI=1S/C24H36N4O6/c1-15(2)12-19(26-24(33)34-14-18-10-8-7-9-11-18)21(30)25-20(13-16(3)4)22(31)27-28(6)23(32)17(5)29/h7-11,15-16,19-20H,12-14H2,1-6H3,(H,25,30)(H,26,33)(H,27,31)/t19-,20-/m0/s1. The summed E-state index contributed by atoms with van der Waals surface area (Å²) in [5.41, 5.74) is 3.13. The third kappa shape index (κ3) is 10.5. The van der Waals surface area contributed by atoms with Crippen LogP contribution in [0.3, 0.4) is 0 Å². The molecule has 0 aromatic heterocycles. The topological polar surface area (TPSA) is 134 Å². The normalized spacial score (nSPS) is 12.5. The van der Waals surface area contributed by atoms with E-state index in [0.717, 1.165) is 17.5 Å². The van der Waals surface area contributed by atoms with E-state index in [1.165, 1.54) is 7.05 Å². The first-order valence-electron chi connectivity index (χ1n) is 11.3. The Labute approximate surface area is 200 Å². The van der Waals surface area contributed by atoms with E-state index in [9.17, 15) is 24.0 Å². The maximum atomic E-state index is 13.0. The number of nitrogens with zero attached hydrogens (tertiary/aromatic N) is 1. The van der Waals surface area contributed by atoms with Crippen LogP contribution < -0.4 is 16.1 Å². The van der Waals surface area contributed by atoms with Gasteiger partial charge in [0.2, 0.25) is 11.7 Å². The van der Waals surface area contributed by atoms with Gasteiger partial charge in [-0.05, 0) is 30.2 Å². The molecule has 0 spiro atoms. The zero-order chi connectivity index (χ0) is 25.8. The Morgan fingerprint density at radius 2 is 1.38 bits per heavy atom. The molecule has 0 fully saturated rings. The number of rotatable bonds is 11. The molecule has 0 radical (unpaired) electrons. The highest BCUT2D eigenvalue weighted by Gasteiger charge is 2.29. The number of Topliss-reactive ketones (excluding diaryl/α,β-unsaturated/α-hetero) is 1. The predicted molar refractivity (Wildman–Crippen MR) is 126 cm³/mol. The fraction of sp³-hybridized carbons (Fsp3) is 0.542. The molecular weight excluding hydrogens is 440 g/mol. The molecule has 0 aliphatic rings. The summed E-state index contributed by atoms with van der Waals surface area (Å²) in [5, 5.41) is 6.02. The molecule has 34 heavy (non-hydrogen) atoms. The van der Waals surface area contributed by atoms with Crippen molar-refractivity contribution >= 4 is 29.6 Å². The highest BCUT2D eigenvalue weighted by molar-refractivity contribution is 6.35. The first-order valence-corrected chi connectivity index (χ1v) is 11.3. The molecule has 0 saturated carbocycles. The number of hydrogen-bond acceptors (Lipinski definition) is 6. The van der Waals surface area contributed by atoms with Crippen LogP contribution in [0.4, 0.5) is 4.79 Å². The smallest absolute Gasteiger partial charge is 0.408 e. The second-order valence-corrected chi connectivity index (χ2v) is 8.98. The van der Waals surface area contributed by atoms with Gasteiger partial charge in [-0.15, -0.1) is 0 Å². The van der Waals surface area contributed by atoms with Crippen molar-refractivity contribution in [2.45, 2.75) is 66.2 Å².